The molecular weight excluding hydrogens is 432 g/mol. The Balaban J connectivity index is 1.23. The first-order valence-corrected chi connectivity index (χ1v) is 12.6. The summed E-state index contributed by atoms with van der Waals surface area (Å²) in [6.45, 7) is 5.40. The van der Waals surface area contributed by atoms with E-state index < -0.39 is 0 Å². The van der Waals surface area contributed by atoms with Gasteiger partial charge in [0.15, 0.2) is 5.13 Å². The fourth-order valence-corrected chi connectivity index (χ4v) is 5.23. The Morgan fingerprint density at radius 2 is 2.03 bits per heavy atom. The summed E-state index contributed by atoms with van der Waals surface area (Å²) in [6.07, 6.45) is 4.92. The highest BCUT2D eigenvalue weighted by molar-refractivity contribution is 7.18. The van der Waals surface area contributed by atoms with E-state index in [4.69, 9.17) is 10.5 Å². The van der Waals surface area contributed by atoms with Crippen molar-refractivity contribution in [2.45, 2.75) is 44.6 Å². The van der Waals surface area contributed by atoms with E-state index in [1.165, 1.54) is 36.2 Å². The molecule has 2 fully saturated rings. The van der Waals surface area contributed by atoms with E-state index in [1.807, 2.05) is 42.5 Å². The van der Waals surface area contributed by atoms with Gasteiger partial charge in [-0.25, -0.2) is 4.98 Å². The Morgan fingerprint density at radius 3 is 2.79 bits per heavy atom. The Hall–Kier alpha value is -2.90. The highest BCUT2D eigenvalue weighted by Gasteiger charge is 2.25. The number of carbonyl (C=O) groups is 1. The summed E-state index contributed by atoms with van der Waals surface area (Å²) in [6, 6.07) is 15.8. The normalized spacial score (nSPS) is 18.8. The molecule has 0 amide bonds. The number of rotatable bonds is 8. The van der Waals surface area contributed by atoms with Crippen LogP contribution in [-0.2, 0) is 0 Å². The molecule has 1 saturated carbocycles. The molecule has 7 heteroatoms. The van der Waals surface area contributed by atoms with Crippen LogP contribution in [0.25, 0.3) is 0 Å². The quantitative estimate of drug-likeness (QED) is 0.434. The summed E-state index contributed by atoms with van der Waals surface area (Å²) in [4.78, 5) is 20.3. The zero-order valence-electron chi connectivity index (χ0n) is 18.9. The monoisotopic (exact) mass is 462 g/mol. The molecule has 0 radical (unpaired) electrons. The van der Waals surface area contributed by atoms with Crippen LogP contribution in [0.4, 0.5) is 16.6 Å². The fraction of sp³-hybridized carbons (Fsp3) is 0.385. The van der Waals surface area contributed by atoms with E-state index in [1.54, 1.807) is 0 Å². The third-order valence-electron chi connectivity index (χ3n) is 6.37. The van der Waals surface area contributed by atoms with Gasteiger partial charge in [0.05, 0.1) is 0 Å². The van der Waals surface area contributed by atoms with Crippen LogP contribution >= 0.6 is 11.3 Å². The molecule has 1 unspecified atom stereocenters. The number of nitrogens with one attached hydrogen (secondary N) is 1. The SMILES string of the molecule is CCN1CCCC(Oc2ccc(Nc3nc(N)c(C(=O)c4cccc(C5CC5)c4)s3)cc2)C1. The number of likely N-dealkylation sites (tertiary alicyclic amines) is 1. The second-order valence-corrected chi connectivity index (χ2v) is 9.89. The first-order chi connectivity index (χ1) is 16.1. The maximum atomic E-state index is 13.0. The first-order valence-electron chi connectivity index (χ1n) is 11.8. The molecule has 3 N–H and O–H groups in total. The minimum atomic E-state index is -0.0714. The van der Waals surface area contributed by atoms with E-state index >= 15 is 0 Å². The number of hydrogen-bond acceptors (Lipinski definition) is 7. The molecule has 33 heavy (non-hydrogen) atoms. The van der Waals surface area contributed by atoms with Crippen molar-refractivity contribution < 1.29 is 9.53 Å². The predicted octanol–water partition coefficient (Wildman–Crippen LogP) is 5.44. The number of ketones is 1. The largest absolute Gasteiger partial charge is 0.489 e. The number of piperidine rings is 1. The molecule has 1 aromatic heterocycles. The Morgan fingerprint density at radius 1 is 1.21 bits per heavy atom. The van der Waals surface area contributed by atoms with Gasteiger partial charge in [-0.1, -0.05) is 36.5 Å². The molecule has 2 aromatic carbocycles. The zero-order chi connectivity index (χ0) is 22.8. The minimum absolute atomic E-state index is 0.0714. The summed E-state index contributed by atoms with van der Waals surface area (Å²) in [5.41, 5.74) is 8.90. The second-order valence-electron chi connectivity index (χ2n) is 8.89. The number of hydrogen-bond donors (Lipinski definition) is 2. The van der Waals surface area contributed by atoms with Gasteiger partial charge >= 0.3 is 0 Å². The third-order valence-corrected chi connectivity index (χ3v) is 7.36. The summed E-state index contributed by atoms with van der Waals surface area (Å²) >= 11 is 1.29. The summed E-state index contributed by atoms with van der Waals surface area (Å²) in [7, 11) is 0. The number of nitrogens with zero attached hydrogens (tertiary/aromatic N) is 2. The van der Waals surface area contributed by atoms with Crippen molar-refractivity contribution in [3.63, 3.8) is 0 Å². The van der Waals surface area contributed by atoms with Gasteiger partial charge in [-0.3, -0.25) is 9.69 Å². The van der Waals surface area contributed by atoms with E-state index in [0.29, 0.717) is 21.5 Å². The summed E-state index contributed by atoms with van der Waals surface area (Å²) in [5.74, 6) is 1.66. The highest BCUT2D eigenvalue weighted by Crippen LogP contribution is 2.40. The average molecular weight is 463 g/mol. The Labute approximate surface area is 198 Å². The van der Waals surface area contributed by atoms with Crippen molar-refractivity contribution in [1.29, 1.82) is 0 Å². The molecule has 6 nitrogen and oxygen atoms in total. The third kappa shape index (κ3) is 5.20. The lowest BCUT2D eigenvalue weighted by molar-refractivity contribution is 0.0920. The number of ether oxygens (including phenoxy) is 1. The number of nitrogen functional groups attached to an aromatic ring is 1. The molecule has 3 aromatic rings. The van der Waals surface area contributed by atoms with Crippen molar-refractivity contribution in [1.82, 2.24) is 9.88 Å². The number of nitrogens with two attached hydrogens (primary N) is 1. The van der Waals surface area contributed by atoms with Crippen molar-refractivity contribution in [2.75, 3.05) is 30.7 Å². The van der Waals surface area contributed by atoms with Crippen LogP contribution < -0.4 is 15.8 Å². The van der Waals surface area contributed by atoms with Gasteiger partial charge in [0.25, 0.3) is 0 Å². The van der Waals surface area contributed by atoms with Crippen LogP contribution in [0, 0.1) is 0 Å². The smallest absolute Gasteiger partial charge is 0.206 e. The van der Waals surface area contributed by atoms with Crippen molar-refractivity contribution in [3.8, 4) is 5.75 Å². The second kappa shape index (κ2) is 9.53. The van der Waals surface area contributed by atoms with Gasteiger partial charge in [0.1, 0.15) is 22.5 Å². The maximum Gasteiger partial charge on any atom is 0.206 e. The number of anilines is 3. The van der Waals surface area contributed by atoms with Gasteiger partial charge in [0, 0.05) is 17.8 Å². The van der Waals surface area contributed by atoms with Crippen molar-refractivity contribution in [2.24, 2.45) is 0 Å². The standard InChI is InChI=1S/C26H30N4O2S/c1-2-30-14-4-7-22(16-30)32-21-12-10-20(11-13-21)28-26-29-25(27)24(33-26)23(31)19-6-3-5-18(15-19)17-8-9-17/h3,5-6,10-13,15,17,22H,2,4,7-9,14,16,27H2,1H3,(H,28,29). The van der Waals surface area contributed by atoms with Gasteiger partial charge in [0.2, 0.25) is 5.78 Å². The van der Waals surface area contributed by atoms with Crippen molar-refractivity contribution in [3.05, 3.63) is 64.5 Å². The topological polar surface area (TPSA) is 80.5 Å². The predicted molar refractivity (Wildman–Crippen MR) is 134 cm³/mol. The van der Waals surface area contributed by atoms with Gasteiger partial charge in [-0.2, -0.15) is 0 Å². The van der Waals surface area contributed by atoms with Gasteiger partial charge < -0.3 is 15.8 Å². The molecule has 1 saturated heterocycles. The molecule has 2 aliphatic rings. The summed E-state index contributed by atoms with van der Waals surface area (Å²) < 4.78 is 6.18. The molecule has 1 aliphatic heterocycles. The lowest BCUT2D eigenvalue weighted by Crippen LogP contribution is -2.40. The molecule has 172 valence electrons. The first kappa shape index (κ1) is 21.9. The molecule has 0 spiro atoms. The van der Waals surface area contributed by atoms with Crippen LogP contribution in [0.1, 0.15) is 59.3 Å². The molecule has 2 heterocycles. The number of carbonyl (C=O) groups excluding carboxylic acids is 1. The number of benzene rings is 2. The van der Waals surface area contributed by atoms with E-state index in [2.05, 4.69) is 28.2 Å². The number of aromatic nitrogens is 1. The zero-order valence-corrected chi connectivity index (χ0v) is 19.7. The maximum absolute atomic E-state index is 13.0. The van der Waals surface area contributed by atoms with Gasteiger partial charge in [-0.05, 0) is 80.6 Å². The molecule has 1 aliphatic carbocycles. The minimum Gasteiger partial charge on any atom is -0.489 e. The Kier molecular flexibility index (Phi) is 6.33. The highest BCUT2D eigenvalue weighted by atomic mass is 32.1. The average Bonchev–Trinajstić information content (AvgIpc) is 3.63. The van der Waals surface area contributed by atoms with Crippen LogP contribution in [0.2, 0.25) is 0 Å². The molecule has 0 bridgehead atoms. The van der Waals surface area contributed by atoms with Crippen LogP contribution in [0.3, 0.4) is 0 Å². The number of thiazole rings is 1. The lowest BCUT2D eigenvalue weighted by atomic mass is 10.0. The lowest BCUT2D eigenvalue weighted by Gasteiger charge is -2.32. The van der Waals surface area contributed by atoms with Crippen molar-refractivity contribution >= 4 is 33.8 Å². The van der Waals surface area contributed by atoms with Crippen LogP contribution in [-0.4, -0.2) is 41.4 Å². The molecular formula is C26H30N4O2S. The molecule has 5 rings (SSSR count). The van der Waals surface area contributed by atoms with E-state index in [-0.39, 0.29) is 17.7 Å². The van der Waals surface area contributed by atoms with Crippen LogP contribution in [0.15, 0.2) is 48.5 Å². The van der Waals surface area contributed by atoms with E-state index in [0.717, 1.165) is 37.5 Å². The molecule has 1 atom stereocenters. The Bertz CT molecular complexity index is 1120. The summed E-state index contributed by atoms with van der Waals surface area (Å²) in [5, 5.41) is 3.87. The van der Waals surface area contributed by atoms with Crippen LogP contribution in [0.5, 0.6) is 5.75 Å². The number of likely N-dealkylation sites (N-methyl/N-ethyl adjacent to an activating group) is 1. The fourth-order valence-electron chi connectivity index (χ4n) is 4.36. The van der Waals surface area contributed by atoms with E-state index in [9.17, 15) is 4.79 Å². The van der Waals surface area contributed by atoms with Gasteiger partial charge in [-0.15, -0.1) is 0 Å².